The van der Waals surface area contributed by atoms with Crippen LogP contribution < -0.4 is 5.32 Å². The van der Waals surface area contributed by atoms with E-state index >= 15 is 0 Å². The lowest BCUT2D eigenvalue weighted by atomic mass is 9.76. The highest BCUT2D eigenvalue weighted by atomic mass is 35.5. The van der Waals surface area contributed by atoms with Gasteiger partial charge in [-0.15, -0.1) is 0 Å². The van der Waals surface area contributed by atoms with Gasteiger partial charge in [-0.3, -0.25) is 19.4 Å². The molecule has 4 rings (SSSR count). The molecule has 1 spiro atoms. The third-order valence-electron chi connectivity index (χ3n) is 7.85. The van der Waals surface area contributed by atoms with E-state index in [0.717, 1.165) is 36.8 Å². The maximum Gasteiger partial charge on any atom is 0.305 e. The van der Waals surface area contributed by atoms with Crippen molar-refractivity contribution in [1.82, 2.24) is 10.2 Å². The Morgan fingerprint density at radius 2 is 1.92 bits per heavy atom. The number of carboxylic acids is 1. The lowest BCUT2D eigenvalue weighted by Crippen LogP contribution is -2.50. The summed E-state index contributed by atoms with van der Waals surface area (Å²) < 4.78 is 0. The summed E-state index contributed by atoms with van der Waals surface area (Å²) in [6.07, 6.45) is 12.5. The van der Waals surface area contributed by atoms with Gasteiger partial charge in [0.25, 0.3) is 11.8 Å². The van der Waals surface area contributed by atoms with Crippen molar-refractivity contribution in [2.45, 2.75) is 64.5 Å². The van der Waals surface area contributed by atoms with Crippen molar-refractivity contribution >= 4 is 35.1 Å². The van der Waals surface area contributed by atoms with Gasteiger partial charge in [-0.05, 0) is 85.8 Å². The van der Waals surface area contributed by atoms with Crippen LogP contribution in [-0.2, 0) is 16.0 Å². The zero-order valence-electron chi connectivity index (χ0n) is 22.1. The Kier molecular flexibility index (Phi) is 8.87. The van der Waals surface area contributed by atoms with Gasteiger partial charge in [0.15, 0.2) is 0 Å². The van der Waals surface area contributed by atoms with Gasteiger partial charge < -0.3 is 15.3 Å². The van der Waals surface area contributed by atoms with Crippen molar-refractivity contribution in [3.63, 3.8) is 0 Å². The summed E-state index contributed by atoms with van der Waals surface area (Å²) in [6, 6.07) is 7.25. The molecule has 38 heavy (non-hydrogen) atoms. The number of allylic oxidation sites excluding steroid dienone is 5. The molecule has 0 aromatic heterocycles. The van der Waals surface area contributed by atoms with Crippen LogP contribution in [0.3, 0.4) is 0 Å². The Morgan fingerprint density at radius 3 is 2.58 bits per heavy atom. The van der Waals surface area contributed by atoms with Crippen LogP contribution in [0.25, 0.3) is 0 Å². The van der Waals surface area contributed by atoms with E-state index in [1.54, 1.807) is 12.1 Å². The smallest absolute Gasteiger partial charge is 0.305 e. The average Bonchev–Trinajstić information content (AvgIpc) is 3.01. The van der Waals surface area contributed by atoms with E-state index in [0.29, 0.717) is 47.5 Å². The molecule has 1 aromatic rings. The van der Waals surface area contributed by atoms with Gasteiger partial charge >= 0.3 is 5.97 Å². The average molecular weight is 538 g/mol. The van der Waals surface area contributed by atoms with Crippen molar-refractivity contribution in [1.29, 1.82) is 0 Å². The van der Waals surface area contributed by atoms with Crippen LogP contribution in [0.1, 0.15) is 68.3 Å². The largest absolute Gasteiger partial charge is 0.481 e. The molecule has 0 unspecified atom stereocenters. The number of benzene rings is 1. The lowest BCUT2D eigenvalue weighted by molar-refractivity contribution is -0.136. The molecule has 0 bridgehead atoms. The number of carbonyl (C=O) groups is 3. The van der Waals surface area contributed by atoms with Gasteiger partial charge in [0.05, 0.1) is 6.42 Å². The van der Waals surface area contributed by atoms with Gasteiger partial charge in [-0.1, -0.05) is 49.7 Å². The number of carboxylic acid groups (broad SMARTS) is 1. The van der Waals surface area contributed by atoms with Crippen molar-refractivity contribution in [3.05, 3.63) is 70.3 Å². The molecular formula is C30H36ClN3O4. The third kappa shape index (κ3) is 6.44. The number of rotatable bonds is 9. The second-order valence-electron chi connectivity index (χ2n) is 10.7. The quantitative estimate of drug-likeness (QED) is 0.448. The summed E-state index contributed by atoms with van der Waals surface area (Å²) in [5, 5.41) is 11.9. The molecule has 0 saturated heterocycles. The predicted octanol–water partition coefficient (Wildman–Crippen LogP) is 5.27. The third-order valence-corrected chi connectivity index (χ3v) is 8.09. The van der Waals surface area contributed by atoms with E-state index in [4.69, 9.17) is 21.7 Å². The standard InChI is InChI=1S/C30H36ClN3O4/c1-20(2)22-11-15-30(16-12-22)33-27(24-5-3-4-6-25(31)19-24)29(38)34(30)18-14-21-7-9-23(10-8-21)28(37)32-17-13-26(35)36/h3-4,6-10,19-20,22H,5,11-18H2,1-2H3,(H,32,37)(H,35,36). The molecule has 1 saturated carbocycles. The monoisotopic (exact) mass is 537 g/mol. The van der Waals surface area contributed by atoms with Crippen LogP contribution >= 0.6 is 11.6 Å². The number of hydrogen-bond donors (Lipinski definition) is 2. The molecule has 1 heterocycles. The molecular weight excluding hydrogens is 502 g/mol. The van der Waals surface area contributed by atoms with Crippen LogP contribution in [0.5, 0.6) is 0 Å². The highest BCUT2D eigenvalue weighted by Crippen LogP contribution is 2.44. The van der Waals surface area contributed by atoms with Crippen LogP contribution in [-0.4, -0.2) is 52.3 Å². The highest BCUT2D eigenvalue weighted by molar-refractivity contribution is 6.47. The molecule has 0 radical (unpaired) electrons. The first kappa shape index (κ1) is 27.8. The lowest BCUT2D eigenvalue weighted by Gasteiger charge is -2.42. The zero-order chi connectivity index (χ0) is 27.3. The summed E-state index contributed by atoms with van der Waals surface area (Å²) in [6.45, 7) is 5.15. The molecule has 3 aliphatic rings. The Labute approximate surface area is 229 Å². The van der Waals surface area contributed by atoms with Crippen molar-refractivity contribution in [2.75, 3.05) is 13.1 Å². The van der Waals surface area contributed by atoms with E-state index in [-0.39, 0.29) is 24.8 Å². The second-order valence-corrected chi connectivity index (χ2v) is 11.1. The minimum atomic E-state index is -0.953. The van der Waals surface area contributed by atoms with Gasteiger partial charge in [0.2, 0.25) is 0 Å². The van der Waals surface area contributed by atoms with Crippen molar-refractivity contribution in [3.8, 4) is 0 Å². The van der Waals surface area contributed by atoms with Crippen LogP contribution in [0, 0.1) is 11.8 Å². The van der Waals surface area contributed by atoms with Gasteiger partial charge in [-0.25, -0.2) is 0 Å². The first-order chi connectivity index (χ1) is 18.2. The predicted molar refractivity (Wildman–Crippen MR) is 149 cm³/mol. The number of carbonyl (C=O) groups excluding carboxylic acids is 2. The van der Waals surface area contributed by atoms with E-state index in [1.165, 1.54) is 0 Å². The second kappa shape index (κ2) is 12.1. The Hall–Kier alpha value is -3.19. The number of halogens is 1. The van der Waals surface area contributed by atoms with Crippen LogP contribution in [0.4, 0.5) is 0 Å². The molecule has 202 valence electrons. The van der Waals surface area contributed by atoms with Crippen LogP contribution in [0.15, 0.2) is 64.2 Å². The Bertz CT molecular complexity index is 1190. The SMILES string of the molecule is CC(C)C1CCC2(CC1)N=C(C1=CC(Cl)=CC=CC1)C(=O)N2CCc1ccc(C(=O)NCCC(=O)O)cc1. The van der Waals surface area contributed by atoms with E-state index in [9.17, 15) is 14.4 Å². The van der Waals surface area contributed by atoms with Crippen LogP contribution in [0.2, 0.25) is 0 Å². The summed E-state index contributed by atoms with van der Waals surface area (Å²) in [5.74, 6) is -0.0346. The molecule has 7 nitrogen and oxygen atoms in total. The molecule has 0 atom stereocenters. The normalized spacial score (nSPS) is 23.3. The first-order valence-electron chi connectivity index (χ1n) is 13.4. The summed E-state index contributed by atoms with van der Waals surface area (Å²) in [4.78, 5) is 43.8. The summed E-state index contributed by atoms with van der Waals surface area (Å²) in [5.41, 5.74) is 2.36. The van der Waals surface area contributed by atoms with Crippen molar-refractivity contribution in [2.24, 2.45) is 16.8 Å². The fraction of sp³-hybridized carbons (Fsp3) is 0.467. The number of aliphatic carboxylic acids is 1. The van der Waals surface area contributed by atoms with E-state index in [2.05, 4.69) is 19.2 Å². The minimum Gasteiger partial charge on any atom is -0.481 e. The number of nitrogens with one attached hydrogen (secondary N) is 1. The van der Waals surface area contributed by atoms with Gasteiger partial charge in [0, 0.05) is 23.7 Å². The highest BCUT2D eigenvalue weighted by Gasteiger charge is 2.49. The number of aliphatic imine (C=N–C) groups is 1. The number of nitrogens with zero attached hydrogens (tertiary/aromatic N) is 2. The minimum absolute atomic E-state index is 0.0338. The van der Waals surface area contributed by atoms with Gasteiger partial charge in [-0.2, -0.15) is 0 Å². The molecule has 1 aliphatic heterocycles. The molecule has 8 heteroatoms. The van der Waals surface area contributed by atoms with E-state index < -0.39 is 11.6 Å². The Morgan fingerprint density at radius 1 is 1.21 bits per heavy atom. The summed E-state index contributed by atoms with van der Waals surface area (Å²) >= 11 is 6.33. The molecule has 1 fully saturated rings. The molecule has 2 N–H and O–H groups in total. The molecule has 2 aliphatic carbocycles. The van der Waals surface area contributed by atoms with Crippen molar-refractivity contribution < 1.29 is 19.5 Å². The number of hydrogen-bond acceptors (Lipinski definition) is 4. The topological polar surface area (TPSA) is 99.1 Å². The first-order valence-corrected chi connectivity index (χ1v) is 13.8. The maximum absolute atomic E-state index is 13.8. The molecule has 2 amide bonds. The molecule has 1 aromatic carbocycles. The van der Waals surface area contributed by atoms with Gasteiger partial charge in [0.1, 0.15) is 11.4 Å². The van der Waals surface area contributed by atoms with E-state index in [1.807, 2.05) is 41.3 Å². The Balaban J connectivity index is 1.48. The maximum atomic E-state index is 13.8. The number of amides is 2. The fourth-order valence-corrected chi connectivity index (χ4v) is 5.75. The summed E-state index contributed by atoms with van der Waals surface area (Å²) in [7, 11) is 0. The zero-order valence-corrected chi connectivity index (χ0v) is 22.8. The fourth-order valence-electron chi connectivity index (χ4n) is 5.55.